The van der Waals surface area contributed by atoms with E-state index in [1.807, 2.05) is 18.2 Å². The minimum absolute atomic E-state index is 0.176. The van der Waals surface area contributed by atoms with Gasteiger partial charge in [-0.3, -0.25) is 0 Å². The van der Waals surface area contributed by atoms with Crippen molar-refractivity contribution in [2.24, 2.45) is 0 Å². The first-order valence-electron chi connectivity index (χ1n) is 6.03. The molecule has 1 rings (SSSR count). The number of aliphatic carboxylic acids is 1. The van der Waals surface area contributed by atoms with Crippen molar-refractivity contribution in [2.45, 2.75) is 32.6 Å². The van der Waals surface area contributed by atoms with Crippen LogP contribution in [0.4, 0.5) is 0 Å². The molecule has 1 aliphatic rings. The van der Waals surface area contributed by atoms with E-state index in [9.17, 15) is 4.79 Å². The summed E-state index contributed by atoms with van der Waals surface area (Å²) in [5.74, 6) is 0.150. The quantitative estimate of drug-likeness (QED) is 0.757. The van der Waals surface area contributed by atoms with E-state index < -0.39 is 5.97 Å². The van der Waals surface area contributed by atoms with E-state index >= 15 is 0 Å². The van der Waals surface area contributed by atoms with Crippen molar-refractivity contribution in [1.82, 2.24) is 0 Å². The molecule has 0 unspecified atom stereocenters. The topological polar surface area (TPSA) is 46.5 Å². The van der Waals surface area contributed by atoms with Crippen LogP contribution in [0, 0.1) is 0 Å². The third kappa shape index (κ3) is 9.46. The highest BCUT2D eigenvalue weighted by atomic mass is 16.5. The first kappa shape index (κ1) is 16.2. The van der Waals surface area contributed by atoms with Crippen LogP contribution in [-0.2, 0) is 9.53 Å². The molecule has 0 aromatic heterocycles. The Hall–Kier alpha value is -1.77. The molecule has 3 heteroatoms. The number of rotatable bonds is 2. The Morgan fingerprint density at radius 1 is 1.33 bits per heavy atom. The summed E-state index contributed by atoms with van der Waals surface area (Å²) in [6.07, 6.45) is 15.1. The molecule has 0 saturated carbocycles. The van der Waals surface area contributed by atoms with Crippen LogP contribution in [0.25, 0.3) is 0 Å². The molecule has 100 valence electrons. The molecular weight excluding hydrogens is 228 g/mol. The van der Waals surface area contributed by atoms with Gasteiger partial charge >= 0.3 is 5.97 Å². The third-order valence-corrected chi connectivity index (χ3v) is 2.31. The molecule has 0 bridgehead atoms. The van der Waals surface area contributed by atoms with Gasteiger partial charge in [0.25, 0.3) is 0 Å². The molecule has 0 amide bonds. The van der Waals surface area contributed by atoms with Crippen LogP contribution in [0.2, 0.25) is 0 Å². The van der Waals surface area contributed by atoms with Crippen molar-refractivity contribution in [2.75, 3.05) is 7.11 Å². The second-order valence-corrected chi connectivity index (χ2v) is 3.98. The lowest BCUT2D eigenvalue weighted by Gasteiger charge is -2.04. The second-order valence-electron chi connectivity index (χ2n) is 3.98. The fraction of sp³-hybridized carbons (Fsp3) is 0.400. The summed E-state index contributed by atoms with van der Waals surface area (Å²) in [5, 5.41) is 7.89. The van der Waals surface area contributed by atoms with Gasteiger partial charge < -0.3 is 9.84 Å². The smallest absolute Gasteiger partial charge is 0.330 e. The lowest BCUT2D eigenvalue weighted by Crippen LogP contribution is -1.92. The maximum Gasteiger partial charge on any atom is 0.330 e. The average Bonchev–Trinajstić information content (AvgIpc) is 2.36. The molecule has 0 atom stereocenters. The van der Waals surface area contributed by atoms with Gasteiger partial charge in [-0.15, -0.1) is 0 Å². The molecule has 3 nitrogen and oxygen atoms in total. The number of carbonyl (C=O) groups is 1. The molecule has 1 N–H and O–H groups in total. The predicted octanol–water partition coefficient (Wildman–Crippen LogP) is 3.85. The number of carboxylic acids is 1. The largest absolute Gasteiger partial charge is 0.501 e. The third-order valence-electron chi connectivity index (χ3n) is 2.31. The Morgan fingerprint density at radius 2 is 2.00 bits per heavy atom. The van der Waals surface area contributed by atoms with Crippen molar-refractivity contribution in [3.63, 3.8) is 0 Å². The summed E-state index contributed by atoms with van der Waals surface area (Å²) in [6.45, 7) is 4.60. The highest BCUT2D eigenvalue weighted by Crippen LogP contribution is 2.11. The summed E-state index contributed by atoms with van der Waals surface area (Å²) in [6, 6.07) is 0. The van der Waals surface area contributed by atoms with Crippen LogP contribution in [0.1, 0.15) is 32.6 Å². The van der Waals surface area contributed by atoms with Crippen LogP contribution in [-0.4, -0.2) is 18.2 Å². The number of allylic oxidation sites excluding steroid dienone is 6. The molecule has 0 aromatic rings. The summed E-state index contributed by atoms with van der Waals surface area (Å²) in [5.41, 5.74) is 0.176. The van der Waals surface area contributed by atoms with Crippen LogP contribution >= 0.6 is 0 Å². The lowest BCUT2D eigenvalue weighted by molar-refractivity contribution is -0.132. The Balaban J connectivity index is 0.000000411. The fourth-order valence-electron chi connectivity index (χ4n) is 1.22. The number of methoxy groups -OCH3 is 1. The van der Waals surface area contributed by atoms with E-state index in [0.717, 1.165) is 12.2 Å². The minimum Gasteiger partial charge on any atom is -0.501 e. The van der Waals surface area contributed by atoms with Gasteiger partial charge in [-0.25, -0.2) is 4.79 Å². The summed E-state index contributed by atoms with van der Waals surface area (Å²) in [7, 11) is 1.74. The van der Waals surface area contributed by atoms with Crippen LogP contribution in [0.15, 0.2) is 48.3 Å². The van der Waals surface area contributed by atoms with Gasteiger partial charge in [0.15, 0.2) is 0 Å². The van der Waals surface area contributed by atoms with E-state index in [2.05, 4.69) is 18.7 Å². The van der Waals surface area contributed by atoms with Crippen LogP contribution < -0.4 is 0 Å². The highest BCUT2D eigenvalue weighted by molar-refractivity contribution is 5.84. The summed E-state index contributed by atoms with van der Waals surface area (Å²) < 4.78 is 5.21. The van der Waals surface area contributed by atoms with E-state index in [-0.39, 0.29) is 5.57 Å². The van der Waals surface area contributed by atoms with Crippen molar-refractivity contribution < 1.29 is 14.6 Å². The number of hydrogen-bond donors (Lipinski definition) is 1. The standard InChI is InChI=1S/C11H16O.C4H6O2/c1-12-11-9-7-5-3-2-4-6-8-10-11;1-3(2)4(5)6/h2-3,5,7,9H,4,6,8,10H2,1H3;1H2,2H3,(H,5,6). The average molecular weight is 250 g/mol. The van der Waals surface area contributed by atoms with E-state index in [1.54, 1.807) is 7.11 Å². The van der Waals surface area contributed by atoms with Gasteiger partial charge in [0.1, 0.15) is 0 Å². The molecule has 0 aliphatic heterocycles. The van der Waals surface area contributed by atoms with Gasteiger partial charge in [-0.1, -0.05) is 30.9 Å². The fourth-order valence-corrected chi connectivity index (χ4v) is 1.22. The zero-order chi connectivity index (χ0) is 13.8. The molecule has 0 fully saturated rings. The van der Waals surface area contributed by atoms with Crippen molar-refractivity contribution in [1.29, 1.82) is 0 Å². The predicted molar refractivity (Wildman–Crippen MR) is 74.3 cm³/mol. The Bertz CT molecular complexity index is 337. The van der Waals surface area contributed by atoms with E-state index in [4.69, 9.17) is 9.84 Å². The second kappa shape index (κ2) is 10.4. The van der Waals surface area contributed by atoms with Crippen LogP contribution in [0.3, 0.4) is 0 Å². The SMILES string of the molecule is C=C(C)C(=O)O.COC1=CC=CC=CCCCC1. The summed E-state index contributed by atoms with van der Waals surface area (Å²) in [4.78, 5) is 9.60. The maximum absolute atomic E-state index is 9.60. The van der Waals surface area contributed by atoms with Crippen molar-refractivity contribution >= 4 is 5.97 Å². The van der Waals surface area contributed by atoms with Gasteiger partial charge in [0.2, 0.25) is 0 Å². The Labute approximate surface area is 109 Å². The highest BCUT2D eigenvalue weighted by Gasteiger charge is 1.95. The molecule has 0 saturated heterocycles. The minimum atomic E-state index is -0.935. The number of ether oxygens (including phenoxy) is 1. The normalized spacial score (nSPS) is 14.9. The monoisotopic (exact) mass is 250 g/mol. The molecular formula is C15H22O3. The van der Waals surface area contributed by atoms with Gasteiger partial charge in [-0.2, -0.15) is 0 Å². The summed E-state index contributed by atoms with van der Waals surface area (Å²) >= 11 is 0. The first-order valence-corrected chi connectivity index (χ1v) is 6.03. The maximum atomic E-state index is 9.60. The van der Waals surface area contributed by atoms with Gasteiger partial charge in [0.05, 0.1) is 12.9 Å². The molecule has 0 heterocycles. The molecule has 0 spiro atoms. The van der Waals surface area contributed by atoms with E-state index in [0.29, 0.717) is 0 Å². The van der Waals surface area contributed by atoms with Gasteiger partial charge in [-0.05, 0) is 32.3 Å². The molecule has 0 aromatic carbocycles. The lowest BCUT2D eigenvalue weighted by atomic mass is 10.1. The first-order chi connectivity index (χ1) is 8.57. The molecule has 18 heavy (non-hydrogen) atoms. The zero-order valence-electron chi connectivity index (χ0n) is 11.2. The van der Waals surface area contributed by atoms with E-state index in [1.165, 1.54) is 26.2 Å². The number of carboxylic acid groups (broad SMARTS) is 1. The van der Waals surface area contributed by atoms with Crippen molar-refractivity contribution in [3.05, 3.63) is 48.3 Å². The molecule has 0 radical (unpaired) electrons. The Kier molecular flexibility index (Phi) is 9.37. The molecule has 1 aliphatic carbocycles. The Morgan fingerprint density at radius 3 is 2.56 bits per heavy atom. The number of hydrogen-bond acceptors (Lipinski definition) is 2. The zero-order valence-corrected chi connectivity index (χ0v) is 11.2. The van der Waals surface area contributed by atoms with Crippen LogP contribution in [0.5, 0.6) is 0 Å². The van der Waals surface area contributed by atoms with Gasteiger partial charge in [0, 0.05) is 12.0 Å². The van der Waals surface area contributed by atoms with Crippen molar-refractivity contribution in [3.8, 4) is 0 Å².